The number of Topliss-reactive ketones (excluding diaryl/α,β-unsaturated/α-hetero) is 1. The lowest BCUT2D eigenvalue weighted by molar-refractivity contribution is -0.139. The highest BCUT2D eigenvalue weighted by Gasteiger charge is 2.65. The average Bonchev–Trinajstić information content (AvgIpc) is 3.20. The molecular weight excluding hydrogens is 448 g/mol. The number of benzene rings is 2. The molecule has 3 unspecified atom stereocenters. The van der Waals surface area contributed by atoms with E-state index in [0.717, 1.165) is 42.5 Å². The van der Waals surface area contributed by atoms with Gasteiger partial charge in [0.2, 0.25) is 0 Å². The third-order valence-corrected chi connectivity index (χ3v) is 8.45. The number of likely N-dealkylation sites (N-methyl/N-ethyl adjacent to an activating group) is 1. The van der Waals surface area contributed by atoms with Gasteiger partial charge in [-0.3, -0.25) is 4.79 Å². The van der Waals surface area contributed by atoms with Gasteiger partial charge in [0, 0.05) is 29.9 Å². The first-order valence-corrected chi connectivity index (χ1v) is 12.2. The van der Waals surface area contributed by atoms with Gasteiger partial charge in [0.25, 0.3) is 0 Å². The first-order valence-electron chi connectivity index (χ1n) is 12.2. The van der Waals surface area contributed by atoms with E-state index in [9.17, 15) is 19.5 Å². The number of aliphatic carboxylic acids is 1. The van der Waals surface area contributed by atoms with Crippen LogP contribution in [0.3, 0.4) is 0 Å². The summed E-state index contributed by atoms with van der Waals surface area (Å²) >= 11 is 0. The van der Waals surface area contributed by atoms with E-state index in [4.69, 9.17) is 9.47 Å². The second kappa shape index (κ2) is 8.09. The van der Waals surface area contributed by atoms with Gasteiger partial charge >= 0.3 is 12.1 Å². The molecule has 8 heteroatoms. The molecule has 182 valence electrons. The number of hydrogen-bond acceptors (Lipinski definition) is 6. The number of amides is 1. The molecule has 1 spiro atoms. The van der Waals surface area contributed by atoms with Gasteiger partial charge in [0.05, 0.1) is 0 Å². The number of hydrogen-bond donors (Lipinski definition) is 2. The van der Waals surface area contributed by atoms with Crippen molar-refractivity contribution in [2.24, 2.45) is 5.92 Å². The fourth-order valence-electron chi connectivity index (χ4n) is 6.91. The number of ketones is 1. The Kier molecular flexibility index (Phi) is 5.11. The Hall–Kier alpha value is -3.39. The highest BCUT2D eigenvalue weighted by molar-refractivity contribution is 5.89. The van der Waals surface area contributed by atoms with Crippen LogP contribution in [-0.4, -0.2) is 59.6 Å². The molecule has 2 aromatic rings. The summed E-state index contributed by atoms with van der Waals surface area (Å²) in [5.41, 5.74) is 2.59. The number of carbonyl (C=O) groups excluding carboxylic acids is 2. The lowest BCUT2D eigenvalue weighted by atomic mass is 9.52. The van der Waals surface area contributed by atoms with E-state index in [1.165, 1.54) is 0 Å². The highest BCUT2D eigenvalue weighted by Crippen LogP contribution is 2.63. The number of carboxylic acids is 1. The Morgan fingerprint density at radius 2 is 2.06 bits per heavy atom. The summed E-state index contributed by atoms with van der Waals surface area (Å²) in [7, 11) is 2.15. The van der Waals surface area contributed by atoms with Gasteiger partial charge in [-0.15, -0.1) is 0 Å². The predicted octanol–water partition coefficient (Wildman–Crippen LogP) is 2.71. The van der Waals surface area contributed by atoms with E-state index >= 15 is 0 Å². The number of carbonyl (C=O) groups is 3. The molecule has 2 heterocycles. The molecule has 1 amide bonds. The van der Waals surface area contributed by atoms with Gasteiger partial charge in [-0.25, -0.2) is 9.59 Å². The lowest BCUT2D eigenvalue weighted by Gasteiger charge is -2.57. The van der Waals surface area contributed by atoms with Gasteiger partial charge in [-0.05, 0) is 56.0 Å². The number of carboxylic acid groups (broad SMARTS) is 1. The number of rotatable bonds is 5. The summed E-state index contributed by atoms with van der Waals surface area (Å²) in [6, 6.07) is 12.0. The average molecular weight is 477 g/mol. The molecule has 6 rings (SSSR count). The van der Waals surface area contributed by atoms with E-state index < -0.39 is 24.2 Å². The number of nitrogens with zero attached hydrogens (tertiary/aromatic N) is 1. The summed E-state index contributed by atoms with van der Waals surface area (Å²) in [4.78, 5) is 40.0. The maximum atomic E-state index is 13.0. The minimum Gasteiger partial charge on any atom is -0.480 e. The monoisotopic (exact) mass is 476 g/mol. The molecule has 2 bridgehead atoms. The van der Waals surface area contributed by atoms with Crippen LogP contribution in [0.4, 0.5) is 4.79 Å². The van der Waals surface area contributed by atoms with Crippen LogP contribution < -0.4 is 14.8 Å². The first kappa shape index (κ1) is 22.1. The van der Waals surface area contributed by atoms with Gasteiger partial charge in [0.1, 0.15) is 6.04 Å². The van der Waals surface area contributed by atoms with Crippen LogP contribution >= 0.6 is 0 Å². The molecule has 35 heavy (non-hydrogen) atoms. The molecular formula is C27H28N2O6. The smallest absolute Gasteiger partial charge is 0.413 e. The zero-order chi connectivity index (χ0) is 24.3. The van der Waals surface area contributed by atoms with E-state index in [1.54, 1.807) is 6.07 Å². The van der Waals surface area contributed by atoms with Gasteiger partial charge in [0.15, 0.2) is 23.4 Å². The van der Waals surface area contributed by atoms with Crippen LogP contribution in [0.5, 0.6) is 11.5 Å². The molecule has 0 aromatic heterocycles. The fourth-order valence-corrected chi connectivity index (χ4v) is 6.91. The number of likely N-dealkylation sites (tertiary alicyclic amines) is 1. The summed E-state index contributed by atoms with van der Waals surface area (Å²) in [5.74, 6) is -0.00626. The fraction of sp³-hybridized carbons (Fsp3) is 0.444. The van der Waals surface area contributed by atoms with Crippen molar-refractivity contribution in [3.8, 4) is 11.5 Å². The summed E-state index contributed by atoms with van der Waals surface area (Å²) in [6.45, 7) is 0.887. The van der Waals surface area contributed by atoms with Crippen LogP contribution in [-0.2, 0) is 27.8 Å². The second-order valence-electron chi connectivity index (χ2n) is 10.2. The Morgan fingerprint density at radius 1 is 1.26 bits per heavy atom. The molecule has 1 saturated heterocycles. The van der Waals surface area contributed by atoms with Crippen molar-refractivity contribution in [1.82, 2.24) is 10.2 Å². The van der Waals surface area contributed by atoms with E-state index in [-0.39, 0.29) is 23.4 Å². The predicted molar refractivity (Wildman–Crippen MR) is 126 cm³/mol. The molecule has 8 nitrogen and oxygen atoms in total. The summed E-state index contributed by atoms with van der Waals surface area (Å²) in [6.07, 6.45) is 1.77. The molecule has 2 aromatic carbocycles. The first-order chi connectivity index (χ1) is 16.9. The van der Waals surface area contributed by atoms with E-state index in [1.807, 2.05) is 36.4 Å². The van der Waals surface area contributed by atoms with Crippen LogP contribution in [0, 0.1) is 5.92 Å². The largest absolute Gasteiger partial charge is 0.480 e. The van der Waals surface area contributed by atoms with Crippen LogP contribution in [0.25, 0.3) is 0 Å². The molecule has 2 aliphatic heterocycles. The standard InChI is InChI=1S/C27H28N2O6/c1-29-12-11-27-17-8-9-20(30)24(27)35-23-21(10-7-16(22(23)27)14-19(17)29)34-26(33)28-18(25(31)32)13-15-5-3-2-4-6-15/h2-7,10,17-19,24H,8-9,11-14H2,1H3,(H,28,33)(H,31,32)/t17?,18-,19?,24+,27?/m1/s1. The van der Waals surface area contributed by atoms with E-state index in [0.29, 0.717) is 24.1 Å². The lowest BCUT2D eigenvalue weighted by Crippen LogP contribution is -2.65. The van der Waals surface area contributed by atoms with Crippen LogP contribution in [0.1, 0.15) is 36.0 Å². The summed E-state index contributed by atoms with van der Waals surface area (Å²) < 4.78 is 11.9. The Morgan fingerprint density at radius 3 is 2.83 bits per heavy atom. The topological polar surface area (TPSA) is 105 Å². The quantitative estimate of drug-likeness (QED) is 0.684. The third kappa shape index (κ3) is 3.34. The molecule has 2 N–H and O–H groups in total. The van der Waals surface area contributed by atoms with Crippen molar-refractivity contribution >= 4 is 17.8 Å². The van der Waals surface area contributed by atoms with Crippen molar-refractivity contribution in [3.63, 3.8) is 0 Å². The Balaban J connectivity index is 1.29. The minimum absolute atomic E-state index is 0.109. The number of nitrogens with one attached hydrogen (secondary N) is 1. The van der Waals surface area contributed by atoms with Crippen molar-refractivity contribution in [2.45, 2.75) is 55.7 Å². The van der Waals surface area contributed by atoms with Crippen molar-refractivity contribution in [2.75, 3.05) is 13.6 Å². The van der Waals surface area contributed by atoms with Crippen molar-refractivity contribution < 1.29 is 29.0 Å². The SMILES string of the molecule is CN1CCC23c4c5ccc(OC(=O)N[C@H](Cc6ccccc6)C(=O)O)c4O[C@H]2C(=O)CCC3C1C5. The molecule has 5 atom stereocenters. The maximum absolute atomic E-state index is 13.0. The normalized spacial score (nSPS) is 29.1. The Labute approximate surface area is 203 Å². The molecule has 1 saturated carbocycles. The van der Waals surface area contributed by atoms with Gasteiger partial charge < -0.3 is 24.8 Å². The van der Waals surface area contributed by atoms with Gasteiger partial charge in [-0.1, -0.05) is 36.4 Å². The van der Waals surface area contributed by atoms with Crippen LogP contribution in [0.15, 0.2) is 42.5 Å². The number of ether oxygens (including phenoxy) is 2. The molecule has 0 radical (unpaired) electrons. The molecule has 2 fully saturated rings. The maximum Gasteiger partial charge on any atom is 0.413 e. The van der Waals surface area contributed by atoms with E-state index in [2.05, 4.69) is 17.3 Å². The van der Waals surface area contributed by atoms with Gasteiger partial charge in [-0.2, -0.15) is 0 Å². The second-order valence-corrected chi connectivity index (χ2v) is 10.2. The minimum atomic E-state index is -1.15. The van der Waals surface area contributed by atoms with Crippen molar-refractivity contribution in [1.29, 1.82) is 0 Å². The zero-order valence-corrected chi connectivity index (χ0v) is 19.5. The summed E-state index contributed by atoms with van der Waals surface area (Å²) in [5, 5.41) is 12.1. The third-order valence-electron chi connectivity index (χ3n) is 8.45. The van der Waals surface area contributed by atoms with Crippen LogP contribution in [0.2, 0.25) is 0 Å². The van der Waals surface area contributed by atoms with Crippen molar-refractivity contribution in [3.05, 3.63) is 59.2 Å². The molecule has 4 aliphatic rings. The molecule has 2 aliphatic carbocycles. The zero-order valence-electron chi connectivity index (χ0n) is 19.5. The number of piperidine rings is 1. The Bertz CT molecular complexity index is 1210. The highest BCUT2D eigenvalue weighted by atomic mass is 16.6.